The van der Waals surface area contributed by atoms with Crippen LogP contribution in [0.5, 0.6) is 0 Å². The highest BCUT2D eigenvalue weighted by Gasteiger charge is 2.32. The Morgan fingerprint density at radius 3 is 2.45 bits per heavy atom. The molecule has 1 aliphatic carbocycles. The maximum Gasteiger partial charge on any atom is 0.412 e. The predicted octanol–water partition coefficient (Wildman–Crippen LogP) is 4.66. The first-order valence-corrected chi connectivity index (χ1v) is 11.8. The number of primary amides is 1. The van der Waals surface area contributed by atoms with Gasteiger partial charge in [0, 0.05) is 30.0 Å². The zero-order valence-corrected chi connectivity index (χ0v) is 18.9. The van der Waals surface area contributed by atoms with Crippen LogP contribution >= 0.6 is 0 Å². The Bertz CT molecular complexity index is 1200. The number of hydrogen-bond acceptors (Lipinski definition) is 3. The molecule has 2 heterocycles. The Balaban J connectivity index is 1.61. The fourth-order valence-corrected chi connectivity index (χ4v) is 5.67. The van der Waals surface area contributed by atoms with Crippen molar-refractivity contribution in [3.05, 3.63) is 59.4 Å². The van der Waals surface area contributed by atoms with Gasteiger partial charge in [-0.25, -0.2) is 9.78 Å². The second-order valence-electron chi connectivity index (χ2n) is 9.44. The number of fused-ring (bicyclic) bond motifs is 3. The Labute approximate surface area is 193 Å². The van der Waals surface area contributed by atoms with E-state index in [9.17, 15) is 14.7 Å². The molecule has 1 aliphatic heterocycles. The van der Waals surface area contributed by atoms with Crippen LogP contribution in [-0.2, 0) is 17.6 Å². The maximum absolute atomic E-state index is 12.0. The molecule has 7 heteroatoms. The summed E-state index contributed by atoms with van der Waals surface area (Å²) in [5.41, 5.74) is 10.5. The van der Waals surface area contributed by atoms with Gasteiger partial charge < -0.3 is 15.4 Å². The van der Waals surface area contributed by atoms with Crippen molar-refractivity contribution >= 4 is 28.7 Å². The Morgan fingerprint density at radius 2 is 1.79 bits per heavy atom. The summed E-state index contributed by atoms with van der Waals surface area (Å²) in [5, 5.41) is 9.82. The summed E-state index contributed by atoms with van der Waals surface area (Å²) in [6.07, 6.45) is 4.73. The van der Waals surface area contributed by atoms with Crippen molar-refractivity contribution in [1.29, 1.82) is 0 Å². The van der Waals surface area contributed by atoms with Crippen LogP contribution in [0.3, 0.4) is 0 Å². The average molecular weight is 447 g/mol. The van der Waals surface area contributed by atoms with E-state index >= 15 is 0 Å². The van der Waals surface area contributed by atoms with Gasteiger partial charge in [-0.3, -0.25) is 9.69 Å². The van der Waals surface area contributed by atoms with Gasteiger partial charge in [0.15, 0.2) is 0 Å². The van der Waals surface area contributed by atoms with Crippen molar-refractivity contribution in [2.75, 3.05) is 4.90 Å². The number of imidazole rings is 1. The molecule has 5 rings (SSSR count). The minimum Gasteiger partial charge on any atom is -0.465 e. The predicted molar refractivity (Wildman–Crippen MR) is 127 cm³/mol. The van der Waals surface area contributed by atoms with E-state index < -0.39 is 6.09 Å². The molecule has 7 nitrogen and oxygen atoms in total. The standard InChI is InChI=1S/C26H30N4O3/c1-16-7-12-20-21(29(16)26(32)33)13-14-22-24(20)28-23(15-17-5-3-2-4-6-17)30(22)19-10-8-18(9-11-19)25(27)31/h2-6,13-14,16,18-19H,7-12,15H2,1H3,(H2,27,31)(H,32,33)/t16-,18?,19?/m0/s1. The molecule has 0 radical (unpaired) electrons. The van der Waals surface area contributed by atoms with Crippen LogP contribution in [0.1, 0.15) is 62.0 Å². The van der Waals surface area contributed by atoms with Crippen LogP contribution in [0, 0.1) is 5.92 Å². The fraction of sp³-hybridized carbons (Fsp3) is 0.423. The van der Waals surface area contributed by atoms with Crippen LogP contribution in [0.4, 0.5) is 10.5 Å². The van der Waals surface area contributed by atoms with Gasteiger partial charge >= 0.3 is 6.09 Å². The van der Waals surface area contributed by atoms with Crippen molar-refractivity contribution in [2.45, 2.75) is 64.0 Å². The van der Waals surface area contributed by atoms with Crippen molar-refractivity contribution in [3.8, 4) is 0 Å². The highest BCUT2D eigenvalue weighted by Crippen LogP contribution is 2.40. The van der Waals surface area contributed by atoms with Crippen LogP contribution in [0.25, 0.3) is 11.0 Å². The summed E-state index contributed by atoms with van der Waals surface area (Å²) < 4.78 is 2.35. The molecule has 0 bridgehead atoms. The van der Waals surface area contributed by atoms with E-state index in [0.29, 0.717) is 6.42 Å². The summed E-state index contributed by atoms with van der Waals surface area (Å²) in [7, 11) is 0. The Morgan fingerprint density at radius 1 is 1.06 bits per heavy atom. The molecule has 3 aromatic rings. The van der Waals surface area contributed by atoms with E-state index in [1.807, 2.05) is 37.3 Å². The fourth-order valence-electron chi connectivity index (χ4n) is 5.67. The normalized spacial score (nSPS) is 22.8. The lowest BCUT2D eigenvalue weighted by atomic mass is 9.85. The molecule has 172 valence electrons. The summed E-state index contributed by atoms with van der Waals surface area (Å²) >= 11 is 0. The number of aromatic nitrogens is 2. The third-order valence-electron chi connectivity index (χ3n) is 7.40. The van der Waals surface area contributed by atoms with Crippen molar-refractivity contribution < 1.29 is 14.7 Å². The van der Waals surface area contributed by atoms with E-state index in [2.05, 4.69) is 16.7 Å². The highest BCUT2D eigenvalue weighted by molar-refractivity contribution is 5.94. The van der Waals surface area contributed by atoms with Crippen molar-refractivity contribution in [1.82, 2.24) is 9.55 Å². The van der Waals surface area contributed by atoms with Crippen LogP contribution in [0.15, 0.2) is 42.5 Å². The topological polar surface area (TPSA) is 101 Å². The number of amides is 2. The summed E-state index contributed by atoms with van der Waals surface area (Å²) in [5.74, 6) is 0.741. The minimum absolute atomic E-state index is 0.0491. The minimum atomic E-state index is -0.920. The van der Waals surface area contributed by atoms with Gasteiger partial charge in [0.05, 0.1) is 16.7 Å². The number of aryl methyl sites for hydroxylation is 1. The molecule has 0 unspecified atom stereocenters. The molecule has 2 amide bonds. The third-order valence-corrected chi connectivity index (χ3v) is 7.40. The van der Waals surface area contributed by atoms with E-state index in [0.717, 1.165) is 66.6 Å². The molecule has 0 spiro atoms. The second kappa shape index (κ2) is 8.54. The van der Waals surface area contributed by atoms with Crippen molar-refractivity contribution in [3.63, 3.8) is 0 Å². The third kappa shape index (κ3) is 3.86. The molecule has 2 aromatic carbocycles. The quantitative estimate of drug-likeness (QED) is 0.608. The molecule has 1 atom stereocenters. The van der Waals surface area contributed by atoms with Gasteiger partial charge in [-0.15, -0.1) is 0 Å². The van der Waals surface area contributed by atoms with Crippen molar-refractivity contribution in [2.24, 2.45) is 11.7 Å². The van der Waals surface area contributed by atoms with Gasteiger partial charge in [0.1, 0.15) is 5.82 Å². The SMILES string of the molecule is C[C@H]1CCc2c(ccc3c2nc(Cc2ccccc2)n3C2CCC(C(N)=O)CC2)N1C(=O)O. The number of nitrogens with zero attached hydrogens (tertiary/aromatic N) is 3. The van der Waals surface area contributed by atoms with E-state index in [1.54, 1.807) is 0 Å². The number of anilines is 1. The number of nitrogens with two attached hydrogens (primary N) is 1. The number of carbonyl (C=O) groups excluding carboxylic acids is 1. The van der Waals surface area contributed by atoms with Crippen LogP contribution < -0.4 is 10.6 Å². The molecule has 3 N–H and O–H groups in total. The molecule has 0 saturated heterocycles. The molecule has 1 fully saturated rings. The first kappa shape index (κ1) is 21.5. The van der Waals surface area contributed by atoms with E-state index in [-0.39, 0.29) is 23.9 Å². The summed E-state index contributed by atoms with van der Waals surface area (Å²) in [4.78, 5) is 30.3. The highest BCUT2D eigenvalue weighted by atomic mass is 16.4. The number of rotatable bonds is 4. The summed E-state index contributed by atoms with van der Waals surface area (Å²) in [6.45, 7) is 1.96. The van der Waals surface area contributed by atoms with E-state index in [1.165, 1.54) is 10.5 Å². The van der Waals surface area contributed by atoms with Gasteiger partial charge in [0.2, 0.25) is 5.91 Å². The Kier molecular flexibility index (Phi) is 5.56. The first-order valence-electron chi connectivity index (χ1n) is 11.8. The monoisotopic (exact) mass is 446 g/mol. The number of carbonyl (C=O) groups is 2. The van der Waals surface area contributed by atoms with Crippen LogP contribution in [-0.4, -0.2) is 32.7 Å². The first-order chi connectivity index (χ1) is 15.9. The molecule has 33 heavy (non-hydrogen) atoms. The lowest BCUT2D eigenvalue weighted by Crippen LogP contribution is -2.41. The molecule has 2 aliphatic rings. The van der Waals surface area contributed by atoms with Gasteiger partial charge in [-0.2, -0.15) is 0 Å². The summed E-state index contributed by atoms with van der Waals surface area (Å²) in [6, 6.07) is 14.5. The smallest absolute Gasteiger partial charge is 0.412 e. The number of benzene rings is 2. The lowest BCUT2D eigenvalue weighted by molar-refractivity contribution is -0.122. The van der Waals surface area contributed by atoms with Gasteiger partial charge in [-0.05, 0) is 63.1 Å². The van der Waals surface area contributed by atoms with E-state index in [4.69, 9.17) is 10.7 Å². The molecule has 1 aromatic heterocycles. The lowest BCUT2D eigenvalue weighted by Gasteiger charge is -2.33. The second-order valence-corrected chi connectivity index (χ2v) is 9.44. The average Bonchev–Trinajstić information content (AvgIpc) is 3.17. The Hall–Kier alpha value is -3.35. The maximum atomic E-state index is 12.0. The van der Waals surface area contributed by atoms with Gasteiger partial charge in [-0.1, -0.05) is 30.3 Å². The molecular weight excluding hydrogens is 416 g/mol. The van der Waals surface area contributed by atoms with Gasteiger partial charge in [0.25, 0.3) is 0 Å². The number of hydrogen-bond donors (Lipinski definition) is 2. The zero-order chi connectivity index (χ0) is 23.1. The molecular formula is C26H30N4O3. The zero-order valence-electron chi connectivity index (χ0n) is 18.9. The molecule has 1 saturated carbocycles. The number of carboxylic acid groups (broad SMARTS) is 1. The van der Waals surface area contributed by atoms with Crippen LogP contribution in [0.2, 0.25) is 0 Å². The largest absolute Gasteiger partial charge is 0.465 e.